The number of hydrogen-bond donors (Lipinski definition) is 0. The summed E-state index contributed by atoms with van der Waals surface area (Å²) in [5, 5.41) is 2.10. The molecule has 0 aliphatic heterocycles. The van der Waals surface area contributed by atoms with Crippen LogP contribution in [0.15, 0.2) is 121 Å². The molecule has 0 amide bonds. The Bertz CT molecular complexity index is 1900. The van der Waals surface area contributed by atoms with Crippen LogP contribution in [0.3, 0.4) is 0 Å². The molecule has 6 rings (SSSR count). The van der Waals surface area contributed by atoms with Gasteiger partial charge in [0.2, 0.25) is 5.28 Å². The second kappa shape index (κ2) is 9.13. The zero-order valence-electron chi connectivity index (χ0n) is 23.4. The number of nitrogens with zero attached hydrogens (tertiary/aromatic N) is 3. The van der Waals surface area contributed by atoms with Gasteiger partial charge in [-0.3, -0.25) is 0 Å². The van der Waals surface area contributed by atoms with Crippen molar-refractivity contribution in [1.29, 1.82) is 0 Å². The van der Waals surface area contributed by atoms with E-state index in [0.717, 1.165) is 27.5 Å². The van der Waals surface area contributed by atoms with Gasteiger partial charge in [0.05, 0.1) is 6.85 Å². The minimum Gasteiger partial charge on any atom is -0.208 e. The van der Waals surface area contributed by atoms with Crippen LogP contribution in [0.4, 0.5) is 0 Å². The average molecular weight is 475 g/mol. The summed E-state index contributed by atoms with van der Waals surface area (Å²) in [7, 11) is 0. The van der Waals surface area contributed by atoms with Crippen molar-refractivity contribution in [2.24, 2.45) is 0 Å². The Kier molecular flexibility index (Phi) is 4.26. The number of fused-ring (bicyclic) bond motifs is 1. The molecule has 0 N–H and O–H groups in total. The summed E-state index contributed by atoms with van der Waals surface area (Å²) >= 11 is 6.23. The second-order valence-corrected chi connectivity index (χ2v) is 8.31. The van der Waals surface area contributed by atoms with Crippen LogP contribution in [0, 0.1) is 0 Å². The molecule has 0 saturated heterocycles. The molecule has 0 bridgehead atoms. The fourth-order valence-electron chi connectivity index (χ4n) is 4.03. The Morgan fingerprint density at radius 2 is 1.06 bits per heavy atom. The van der Waals surface area contributed by atoms with Gasteiger partial charge >= 0.3 is 0 Å². The number of benzene rings is 5. The molecule has 0 saturated carbocycles. The van der Waals surface area contributed by atoms with Gasteiger partial charge < -0.3 is 0 Å². The first kappa shape index (κ1) is 16.3. The average Bonchev–Trinajstić information content (AvgIpc) is 2.99. The normalized spacial score (nSPS) is 13.0. The molecule has 0 spiro atoms. The van der Waals surface area contributed by atoms with Crippen molar-refractivity contribution in [3.8, 4) is 45.0 Å². The standard InChI is InChI=1S/C31H20ClN3/c32-31-34-29(22-10-5-2-6-11-22)33-30(35-31)28-13-7-12-23(20-28)25-16-17-26-18-24(14-15-27(26)19-25)21-8-3-1-4-9-21/h1-20H/i2D,5D,6D,10D,11D. The molecule has 5 aromatic carbocycles. The maximum atomic E-state index is 8.28. The smallest absolute Gasteiger partial charge is 0.208 e. The topological polar surface area (TPSA) is 38.7 Å². The van der Waals surface area contributed by atoms with Gasteiger partial charge in [0, 0.05) is 11.1 Å². The third-order valence-electron chi connectivity index (χ3n) is 5.73. The number of aromatic nitrogens is 3. The molecular formula is C31H20ClN3. The zero-order chi connectivity index (χ0) is 28.0. The number of halogens is 1. The van der Waals surface area contributed by atoms with E-state index in [2.05, 4.69) is 63.5 Å². The van der Waals surface area contributed by atoms with Gasteiger partial charge in [0.1, 0.15) is 0 Å². The highest BCUT2D eigenvalue weighted by molar-refractivity contribution is 6.28. The van der Waals surface area contributed by atoms with Crippen molar-refractivity contribution in [2.45, 2.75) is 0 Å². The van der Waals surface area contributed by atoms with Gasteiger partial charge in [-0.1, -0.05) is 103 Å². The zero-order valence-corrected chi connectivity index (χ0v) is 19.1. The fourth-order valence-corrected chi connectivity index (χ4v) is 4.19. The molecule has 1 aromatic heterocycles. The van der Waals surface area contributed by atoms with Crippen LogP contribution in [0.1, 0.15) is 6.85 Å². The second-order valence-electron chi connectivity index (χ2n) is 7.98. The van der Waals surface area contributed by atoms with E-state index in [9.17, 15) is 0 Å². The van der Waals surface area contributed by atoms with E-state index in [1.165, 1.54) is 5.56 Å². The predicted molar refractivity (Wildman–Crippen MR) is 144 cm³/mol. The molecule has 6 aromatic rings. The molecule has 0 atom stereocenters. The Morgan fingerprint density at radius 3 is 1.77 bits per heavy atom. The van der Waals surface area contributed by atoms with Crippen LogP contribution < -0.4 is 0 Å². The van der Waals surface area contributed by atoms with E-state index in [1.807, 2.05) is 42.5 Å². The van der Waals surface area contributed by atoms with E-state index in [4.69, 9.17) is 18.5 Å². The van der Waals surface area contributed by atoms with Crippen LogP contribution in [0.2, 0.25) is 5.28 Å². The van der Waals surface area contributed by atoms with Crippen LogP contribution >= 0.6 is 11.6 Å². The van der Waals surface area contributed by atoms with Gasteiger partial charge in [0.25, 0.3) is 0 Å². The van der Waals surface area contributed by atoms with Gasteiger partial charge in [-0.25, -0.2) is 4.98 Å². The van der Waals surface area contributed by atoms with Gasteiger partial charge in [-0.15, -0.1) is 0 Å². The Morgan fingerprint density at radius 1 is 0.486 bits per heavy atom. The summed E-state index contributed by atoms with van der Waals surface area (Å²) in [6.07, 6.45) is 0. The van der Waals surface area contributed by atoms with Crippen molar-refractivity contribution >= 4 is 22.4 Å². The van der Waals surface area contributed by atoms with Gasteiger partial charge in [-0.05, 0) is 62.8 Å². The minimum atomic E-state index is -0.487. The van der Waals surface area contributed by atoms with E-state index < -0.39 is 30.2 Å². The quantitative estimate of drug-likeness (QED) is 0.257. The predicted octanol–water partition coefficient (Wildman–Crippen LogP) is 8.35. The molecule has 35 heavy (non-hydrogen) atoms. The highest BCUT2D eigenvalue weighted by atomic mass is 35.5. The van der Waals surface area contributed by atoms with E-state index in [0.29, 0.717) is 5.56 Å². The highest BCUT2D eigenvalue weighted by Crippen LogP contribution is 2.30. The lowest BCUT2D eigenvalue weighted by Crippen LogP contribution is -1.97. The van der Waals surface area contributed by atoms with E-state index in [-0.39, 0.29) is 22.5 Å². The summed E-state index contributed by atoms with van der Waals surface area (Å²) in [4.78, 5) is 12.8. The lowest BCUT2D eigenvalue weighted by molar-refractivity contribution is 1.07. The van der Waals surface area contributed by atoms with E-state index >= 15 is 0 Å². The summed E-state index contributed by atoms with van der Waals surface area (Å²) in [6, 6.07) is 28.3. The summed E-state index contributed by atoms with van der Waals surface area (Å²) < 4.78 is 40.4. The van der Waals surface area contributed by atoms with Crippen LogP contribution in [-0.2, 0) is 0 Å². The van der Waals surface area contributed by atoms with Crippen molar-refractivity contribution in [1.82, 2.24) is 15.0 Å². The van der Waals surface area contributed by atoms with Crippen molar-refractivity contribution in [3.63, 3.8) is 0 Å². The van der Waals surface area contributed by atoms with E-state index in [1.54, 1.807) is 0 Å². The largest absolute Gasteiger partial charge is 0.226 e. The van der Waals surface area contributed by atoms with Crippen molar-refractivity contribution in [3.05, 3.63) is 126 Å². The van der Waals surface area contributed by atoms with Crippen molar-refractivity contribution in [2.75, 3.05) is 0 Å². The maximum absolute atomic E-state index is 8.28. The number of rotatable bonds is 4. The molecule has 1 heterocycles. The molecule has 4 heteroatoms. The Labute approximate surface area is 215 Å². The SMILES string of the molecule is [2H]c1c([2H])c([2H])c(-c2nc(Cl)nc(-c3cccc(-c4ccc5cc(-c6ccccc6)ccc5c4)c3)n2)c([2H])c1[2H]. The van der Waals surface area contributed by atoms with Gasteiger partial charge in [-0.2, -0.15) is 9.97 Å². The van der Waals surface area contributed by atoms with Gasteiger partial charge in [0.15, 0.2) is 11.6 Å². The summed E-state index contributed by atoms with van der Waals surface area (Å²) in [6.45, 7) is 0. The highest BCUT2D eigenvalue weighted by Gasteiger charge is 2.11. The van der Waals surface area contributed by atoms with Crippen molar-refractivity contribution < 1.29 is 6.85 Å². The molecule has 3 nitrogen and oxygen atoms in total. The third kappa shape index (κ3) is 4.42. The van der Waals surface area contributed by atoms with Crippen LogP contribution in [0.5, 0.6) is 0 Å². The molecule has 0 aliphatic rings. The summed E-state index contributed by atoms with van der Waals surface area (Å²) in [5.74, 6) is 0.147. The first-order valence-electron chi connectivity index (χ1n) is 13.5. The first-order valence-corrected chi connectivity index (χ1v) is 11.4. The first-order chi connectivity index (χ1) is 19.3. The Hall–Kier alpha value is -4.34. The fraction of sp³-hybridized carbons (Fsp3) is 0. The molecule has 0 aliphatic carbocycles. The molecular weight excluding hydrogens is 450 g/mol. The van der Waals surface area contributed by atoms with Crippen LogP contribution in [-0.4, -0.2) is 15.0 Å². The molecule has 0 fully saturated rings. The molecule has 0 radical (unpaired) electrons. The third-order valence-corrected chi connectivity index (χ3v) is 5.90. The number of hydrogen-bond acceptors (Lipinski definition) is 3. The minimum absolute atomic E-state index is 0.0858. The molecule has 166 valence electrons. The van der Waals surface area contributed by atoms with Crippen LogP contribution in [0.25, 0.3) is 55.8 Å². The summed E-state index contributed by atoms with van der Waals surface area (Å²) in [5.41, 5.74) is 4.79. The monoisotopic (exact) mass is 474 g/mol. The lowest BCUT2D eigenvalue weighted by Gasteiger charge is -2.09. The molecule has 0 unspecified atom stereocenters. The lowest BCUT2D eigenvalue weighted by atomic mass is 9.97. The Balaban J connectivity index is 1.39. The maximum Gasteiger partial charge on any atom is 0.226 e.